The highest BCUT2D eigenvalue weighted by Gasteiger charge is 2.06. The van der Waals surface area contributed by atoms with E-state index in [0.29, 0.717) is 0 Å². The smallest absolute Gasteiger partial charge is 0.0995 e. The van der Waals surface area contributed by atoms with Crippen molar-refractivity contribution in [1.82, 2.24) is 15.0 Å². The summed E-state index contributed by atoms with van der Waals surface area (Å²) in [4.78, 5) is 0. The summed E-state index contributed by atoms with van der Waals surface area (Å²) in [6.45, 7) is 4.08. The Morgan fingerprint density at radius 1 is 1.29 bits per heavy atom. The molecule has 0 saturated heterocycles. The van der Waals surface area contributed by atoms with Gasteiger partial charge in [-0.15, -0.1) is 5.10 Å². The number of nitrogens with zero attached hydrogens (tertiary/aromatic N) is 3. The lowest BCUT2D eigenvalue weighted by molar-refractivity contribution is 0.756. The molecular formula is C13H18N4. The second-order valence-corrected chi connectivity index (χ2v) is 4.29. The molecule has 0 fully saturated rings. The van der Waals surface area contributed by atoms with Crippen molar-refractivity contribution in [1.29, 1.82) is 0 Å². The molecule has 0 aliphatic carbocycles. The van der Waals surface area contributed by atoms with Crippen LogP contribution in [0.1, 0.15) is 37.6 Å². The Kier molecular flexibility index (Phi) is 3.54. The van der Waals surface area contributed by atoms with Crippen LogP contribution in [-0.4, -0.2) is 15.0 Å². The molecule has 2 rings (SSSR count). The van der Waals surface area contributed by atoms with Gasteiger partial charge in [0.05, 0.1) is 17.6 Å². The molecule has 0 bridgehead atoms. The molecule has 0 amide bonds. The summed E-state index contributed by atoms with van der Waals surface area (Å²) < 4.78 is 1.76. The molecule has 1 aromatic heterocycles. The minimum atomic E-state index is -0.0804. The van der Waals surface area contributed by atoms with Crippen molar-refractivity contribution in [3.63, 3.8) is 0 Å². The van der Waals surface area contributed by atoms with Gasteiger partial charge in [-0.1, -0.05) is 30.7 Å². The SMILES string of the molecule is CCCc1ccc(-n2cc(C(C)N)nn2)cc1. The van der Waals surface area contributed by atoms with Gasteiger partial charge in [0.1, 0.15) is 0 Å². The van der Waals surface area contributed by atoms with Gasteiger partial charge in [0, 0.05) is 6.04 Å². The maximum absolute atomic E-state index is 5.75. The molecule has 0 aliphatic rings. The van der Waals surface area contributed by atoms with Crippen molar-refractivity contribution in [2.45, 2.75) is 32.7 Å². The fraction of sp³-hybridized carbons (Fsp3) is 0.385. The first-order valence-electron chi connectivity index (χ1n) is 5.98. The van der Waals surface area contributed by atoms with E-state index >= 15 is 0 Å². The molecule has 0 aliphatic heterocycles. The Morgan fingerprint density at radius 2 is 2.00 bits per heavy atom. The van der Waals surface area contributed by atoms with Crippen LogP contribution >= 0.6 is 0 Å². The first kappa shape index (κ1) is 11.8. The molecule has 90 valence electrons. The topological polar surface area (TPSA) is 56.7 Å². The van der Waals surface area contributed by atoms with Crippen LogP contribution in [0, 0.1) is 0 Å². The molecule has 1 aromatic carbocycles. The van der Waals surface area contributed by atoms with E-state index < -0.39 is 0 Å². The van der Waals surface area contributed by atoms with Gasteiger partial charge in [-0.2, -0.15) is 0 Å². The summed E-state index contributed by atoms with van der Waals surface area (Å²) in [5.41, 5.74) is 8.93. The van der Waals surface area contributed by atoms with E-state index in [-0.39, 0.29) is 6.04 Å². The highest BCUT2D eigenvalue weighted by molar-refractivity contribution is 5.34. The Hall–Kier alpha value is -1.68. The molecule has 0 radical (unpaired) electrons. The van der Waals surface area contributed by atoms with Gasteiger partial charge in [-0.3, -0.25) is 0 Å². The Balaban J connectivity index is 2.21. The van der Waals surface area contributed by atoms with E-state index in [2.05, 4.69) is 41.5 Å². The summed E-state index contributed by atoms with van der Waals surface area (Å²) >= 11 is 0. The molecule has 2 N–H and O–H groups in total. The highest BCUT2D eigenvalue weighted by Crippen LogP contribution is 2.12. The molecule has 4 heteroatoms. The van der Waals surface area contributed by atoms with Crippen molar-refractivity contribution in [3.8, 4) is 5.69 Å². The van der Waals surface area contributed by atoms with Crippen LogP contribution in [0.5, 0.6) is 0 Å². The molecule has 0 spiro atoms. The number of hydrogen-bond donors (Lipinski definition) is 1. The van der Waals surface area contributed by atoms with Crippen LogP contribution in [0.4, 0.5) is 0 Å². The normalized spacial score (nSPS) is 12.6. The molecule has 17 heavy (non-hydrogen) atoms. The second-order valence-electron chi connectivity index (χ2n) is 4.29. The largest absolute Gasteiger partial charge is 0.323 e. The molecule has 4 nitrogen and oxygen atoms in total. The summed E-state index contributed by atoms with van der Waals surface area (Å²) in [6.07, 6.45) is 4.15. The molecule has 1 unspecified atom stereocenters. The molecule has 2 aromatic rings. The quantitative estimate of drug-likeness (QED) is 0.876. The number of aryl methyl sites for hydroxylation is 1. The summed E-state index contributed by atoms with van der Waals surface area (Å²) in [5.74, 6) is 0. The van der Waals surface area contributed by atoms with E-state index in [1.807, 2.05) is 13.1 Å². The minimum absolute atomic E-state index is 0.0804. The van der Waals surface area contributed by atoms with Gasteiger partial charge in [-0.25, -0.2) is 4.68 Å². The van der Waals surface area contributed by atoms with E-state index in [1.165, 1.54) is 5.56 Å². The maximum atomic E-state index is 5.75. The van der Waals surface area contributed by atoms with Crippen LogP contribution in [0.2, 0.25) is 0 Å². The average molecular weight is 230 g/mol. The van der Waals surface area contributed by atoms with Gasteiger partial charge in [-0.05, 0) is 31.0 Å². The highest BCUT2D eigenvalue weighted by atomic mass is 15.4. The third kappa shape index (κ3) is 2.71. The van der Waals surface area contributed by atoms with Gasteiger partial charge >= 0.3 is 0 Å². The molecule has 1 atom stereocenters. The van der Waals surface area contributed by atoms with Crippen LogP contribution in [0.25, 0.3) is 5.69 Å². The third-order valence-electron chi connectivity index (χ3n) is 2.72. The van der Waals surface area contributed by atoms with Crippen LogP contribution < -0.4 is 5.73 Å². The zero-order valence-electron chi connectivity index (χ0n) is 10.3. The van der Waals surface area contributed by atoms with Crippen molar-refractivity contribution < 1.29 is 0 Å². The summed E-state index contributed by atoms with van der Waals surface area (Å²) in [5, 5.41) is 8.11. The zero-order valence-corrected chi connectivity index (χ0v) is 10.3. The monoisotopic (exact) mass is 230 g/mol. The number of aromatic nitrogens is 3. The van der Waals surface area contributed by atoms with E-state index in [4.69, 9.17) is 5.73 Å². The number of hydrogen-bond acceptors (Lipinski definition) is 3. The lowest BCUT2D eigenvalue weighted by Gasteiger charge is -2.02. The van der Waals surface area contributed by atoms with Crippen molar-refractivity contribution >= 4 is 0 Å². The Labute approximate surface area is 101 Å². The van der Waals surface area contributed by atoms with Crippen molar-refractivity contribution in [2.75, 3.05) is 0 Å². The predicted molar refractivity (Wildman–Crippen MR) is 68.0 cm³/mol. The molecule has 0 saturated carbocycles. The van der Waals surface area contributed by atoms with Crippen LogP contribution in [0.3, 0.4) is 0 Å². The Morgan fingerprint density at radius 3 is 2.53 bits per heavy atom. The van der Waals surface area contributed by atoms with Crippen molar-refractivity contribution in [2.24, 2.45) is 5.73 Å². The van der Waals surface area contributed by atoms with Crippen LogP contribution in [0.15, 0.2) is 30.5 Å². The minimum Gasteiger partial charge on any atom is -0.323 e. The molecule has 1 heterocycles. The first-order valence-corrected chi connectivity index (χ1v) is 5.98. The van der Waals surface area contributed by atoms with Gasteiger partial charge in [0.25, 0.3) is 0 Å². The van der Waals surface area contributed by atoms with Crippen molar-refractivity contribution in [3.05, 3.63) is 41.7 Å². The van der Waals surface area contributed by atoms with Gasteiger partial charge in [0.15, 0.2) is 0 Å². The number of rotatable bonds is 4. The third-order valence-corrected chi connectivity index (χ3v) is 2.72. The fourth-order valence-electron chi connectivity index (χ4n) is 1.72. The van der Waals surface area contributed by atoms with E-state index in [1.54, 1.807) is 4.68 Å². The fourth-order valence-corrected chi connectivity index (χ4v) is 1.72. The summed E-state index contributed by atoms with van der Waals surface area (Å²) in [7, 11) is 0. The van der Waals surface area contributed by atoms with Gasteiger partial charge < -0.3 is 5.73 Å². The van der Waals surface area contributed by atoms with Crippen LogP contribution in [-0.2, 0) is 6.42 Å². The standard InChI is InChI=1S/C13H18N4/c1-3-4-11-5-7-12(8-6-11)17-9-13(10(2)14)15-16-17/h5-10H,3-4,14H2,1-2H3. The predicted octanol–water partition coefficient (Wildman–Crippen LogP) is 2.24. The number of benzene rings is 1. The zero-order chi connectivity index (χ0) is 12.3. The number of nitrogens with two attached hydrogens (primary N) is 1. The Bertz CT molecular complexity index is 470. The first-order chi connectivity index (χ1) is 8.20. The lowest BCUT2D eigenvalue weighted by atomic mass is 10.1. The maximum Gasteiger partial charge on any atom is 0.0995 e. The average Bonchev–Trinajstić information content (AvgIpc) is 2.80. The van der Waals surface area contributed by atoms with E-state index in [0.717, 1.165) is 24.2 Å². The van der Waals surface area contributed by atoms with Gasteiger partial charge in [0.2, 0.25) is 0 Å². The molecular weight excluding hydrogens is 212 g/mol. The lowest BCUT2D eigenvalue weighted by Crippen LogP contribution is -2.04. The van der Waals surface area contributed by atoms with E-state index in [9.17, 15) is 0 Å². The summed E-state index contributed by atoms with van der Waals surface area (Å²) in [6, 6.07) is 8.30. The second kappa shape index (κ2) is 5.10.